The van der Waals surface area contributed by atoms with Gasteiger partial charge in [0.2, 0.25) is 5.88 Å². The first-order valence-corrected chi connectivity index (χ1v) is 7.94. The second-order valence-corrected chi connectivity index (χ2v) is 5.60. The fourth-order valence-electron chi connectivity index (χ4n) is 2.67. The number of aromatic nitrogens is 5. The van der Waals surface area contributed by atoms with E-state index in [0.717, 1.165) is 12.0 Å². The van der Waals surface area contributed by atoms with E-state index >= 15 is 0 Å². The van der Waals surface area contributed by atoms with E-state index in [4.69, 9.17) is 9.47 Å². The van der Waals surface area contributed by atoms with Gasteiger partial charge in [0.05, 0.1) is 24.4 Å². The Morgan fingerprint density at radius 2 is 2.16 bits per heavy atom. The minimum Gasteiger partial charge on any atom is -0.492 e. The molecule has 0 aliphatic rings. The smallest absolute Gasteiger partial charge is 0.247 e. The van der Waals surface area contributed by atoms with Gasteiger partial charge in [-0.3, -0.25) is 0 Å². The molecule has 25 heavy (non-hydrogen) atoms. The van der Waals surface area contributed by atoms with E-state index in [1.807, 2.05) is 13.8 Å². The van der Waals surface area contributed by atoms with Crippen LogP contribution in [0.4, 0.5) is 4.39 Å². The summed E-state index contributed by atoms with van der Waals surface area (Å²) < 4.78 is 27.6. The van der Waals surface area contributed by atoms with Crippen LogP contribution in [0.15, 0.2) is 31.0 Å². The van der Waals surface area contributed by atoms with Gasteiger partial charge in [-0.25, -0.2) is 13.9 Å². The van der Waals surface area contributed by atoms with E-state index in [2.05, 4.69) is 20.1 Å². The largest absolute Gasteiger partial charge is 0.492 e. The van der Waals surface area contributed by atoms with Crippen LogP contribution in [0, 0.1) is 12.7 Å². The summed E-state index contributed by atoms with van der Waals surface area (Å²) >= 11 is 0. The molecule has 0 radical (unpaired) electrons. The molecule has 0 fully saturated rings. The first kappa shape index (κ1) is 15.4. The normalized spacial score (nSPS) is 11.3. The van der Waals surface area contributed by atoms with E-state index < -0.39 is 5.82 Å². The van der Waals surface area contributed by atoms with E-state index in [-0.39, 0.29) is 11.6 Å². The highest BCUT2D eigenvalue weighted by Crippen LogP contribution is 2.33. The van der Waals surface area contributed by atoms with Crippen LogP contribution in [0.5, 0.6) is 17.4 Å². The number of hydrogen-bond acceptors (Lipinski definition) is 5. The van der Waals surface area contributed by atoms with E-state index in [9.17, 15) is 4.39 Å². The van der Waals surface area contributed by atoms with Crippen LogP contribution < -0.4 is 9.47 Å². The Balaban J connectivity index is 1.78. The molecule has 4 aromatic heterocycles. The van der Waals surface area contributed by atoms with Crippen molar-refractivity contribution < 1.29 is 13.9 Å². The maximum atomic E-state index is 14.6. The van der Waals surface area contributed by atoms with E-state index in [1.165, 1.54) is 12.5 Å². The number of H-pyrrole nitrogens is 1. The van der Waals surface area contributed by atoms with Gasteiger partial charge in [0, 0.05) is 11.8 Å². The molecule has 4 aromatic rings. The molecule has 1 N–H and O–H groups in total. The van der Waals surface area contributed by atoms with Gasteiger partial charge in [0.25, 0.3) is 0 Å². The third-order valence-corrected chi connectivity index (χ3v) is 3.90. The van der Waals surface area contributed by atoms with Gasteiger partial charge in [0.1, 0.15) is 23.2 Å². The molecule has 0 aliphatic carbocycles. The zero-order valence-electron chi connectivity index (χ0n) is 13.8. The number of aromatic amines is 1. The predicted molar refractivity (Wildman–Crippen MR) is 89.6 cm³/mol. The van der Waals surface area contributed by atoms with Crippen molar-refractivity contribution in [3.8, 4) is 17.4 Å². The number of rotatable bonds is 5. The lowest BCUT2D eigenvalue weighted by Gasteiger charge is -2.08. The van der Waals surface area contributed by atoms with Crippen molar-refractivity contribution in [1.82, 2.24) is 24.6 Å². The number of ether oxygens (including phenoxy) is 2. The number of nitrogens with zero attached hydrogens (tertiary/aromatic N) is 4. The highest BCUT2D eigenvalue weighted by Gasteiger charge is 2.18. The number of hydrogen-bond donors (Lipinski definition) is 1. The first-order valence-electron chi connectivity index (χ1n) is 7.94. The highest BCUT2D eigenvalue weighted by molar-refractivity contribution is 5.78. The molecule has 0 unspecified atom stereocenters. The van der Waals surface area contributed by atoms with Crippen LogP contribution in [-0.4, -0.2) is 31.2 Å². The van der Waals surface area contributed by atoms with Crippen LogP contribution in [0.25, 0.3) is 16.6 Å². The van der Waals surface area contributed by atoms with Gasteiger partial charge in [-0.05, 0) is 19.4 Å². The summed E-state index contributed by atoms with van der Waals surface area (Å²) in [6, 6.07) is 1.61. The molecule has 0 spiro atoms. The molecule has 0 amide bonds. The Morgan fingerprint density at radius 1 is 1.28 bits per heavy atom. The summed E-state index contributed by atoms with van der Waals surface area (Å²) in [4.78, 5) is 11.2. The Kier molecular flexibility index (Phi) is 3.72. The van der Waals surface area contributed by atoms with E-state index in [0.29, 0.717) is 28.9 Å². The summed E-state index contributed by atoms with van der Waals surface area (Å²) in [6.45, 7) is 4.52. The standard InChI is InChI=1S/C17H16FN5O2/c1-3-6-24-13-8-23-15(10(13)2)17(21-9-22-23)25-12-7-20-16-11(14(12)18)4-5-19-16/h4-5,7-9H,3,6H2,1-2H3,(H,19,20). The van der Waals surface area contributed by atoms with Gasteiger partial charge in [-0.15, -0.1) is 0 Å². The number of aryl methyl sites for hydroxylation is 1. The number of pyridine rings is 1. The second kappa shape index (κ2) is 6.04. The summed E-state index contributed by atoms with van der Waals surface area (Å²) in [6.07, 6.45) is 6.97. The Hall–Kier alpha value is -3.16. The quantitative estimate of drug-likeness (QED) is 0.600. The predicted octanol–water partition coefficient (Wildman–Crippen LogP) is 3.63. The van der Waals surface area contributed by atoms with Crippen molar-refractivity contribution in [2.75, 3.05) is 6.61 Å². The van der Waals surface area contributed by atoms with Gasteiger partial charge < -0.3 is 14.5 Å². The highest BCUT2D eigenvalue weighted by atomic mass is 19.1. The van der Waals surface area contributed by atoms with Gasteiger partial charge >= 0.3 is 0 Å². The Labute approximate surface area is 142 Å². The lowest BCUT2D eigenvalue weighted by atomic mass is 10.3. The molecule has 8 heteroatoms. The lowest BCUT2D eigenvalue weighted by Crippen LogP contribution is -1.98. The fourth-order valence-corrected chi connectivity index (χ4v) is 2.67. The minimum absolute atomic E-state index is 0.00401. The summed E-state index contributed by atoms with van der Waals surface area (Å²) in [7, 11) is 0. The van der Waals surface area contributed by atoms with Crippen molar-refractivity contribution in [2.45, 2.75) is 20.3 Å². The molecule has 0 saturated heterocycles. The van der Waals surface area contributed by atoms with Crippen molar-refractivity contribution >= 4 is 16.6 Å². The molecule has 0 bridgehead atoms. The molecular formula is C17H16FN5O2. The Bertz CT molecular complexity index is 1060. The van der Waals surface area contributed by atoms with Crippen molar-refractivity contribution in [1.29, 1.82) is 0 Å². The van der Waals surface area contributed by atoms with E-state index in [1.54, 1.807) is 23.0 Å². The van der Waals surface area contributed by atoms with Crippen molar-refractivity contribution in [3.05, 3.63) is 42.4 Å². The van der Waals surface area contributed by atoms with Crippen LogP contribution in [0.3, 0.4) is 0 Å². The third-order valence-electron chi connectivity index (χ3n) is 3.90. The minimum atomic E-state index is -0.491. The van der Waals surface area contributed by atoms with Crippen LogP contribution >= 0.6 is 0 Å². The van der Waals surface area contributed by atoms with Gasteiger partial charge in [-0.2, -0.15) is 10.1 Å². The maximum Gasteiger partial charge on any atom is 0.247 e. The molecule has 4 heterocycles. The molecular weight excluding hydrogens is 325 g/mol. The number of fused-ring (bicyclic) bond motifs is 2. The number of nitrogens with one attached hydrogen (secondary N) is 1. The maximum absolute atomic E-state index is 14.6. The monoisotopic (exact) mass is 341 g/mol. The second-order valence-electron chi connectivity index (χ2n) is 5.60. The molecule has 128 valence electrons. The topological polar surface area (TPSA) is 77.3 Å². The molecule has 0 saturated carbocycles. The summed E-state index contributed by atoms with van der Waals surface area (Å²) in [5.41, 5.74) is 1.93. The van der Waals surface area contributed by atoms with Crippen molar-refractivity contribution in [3.63, 3.8) is 0 Å². The first-order chi connectivity index (χ1) is 12.2. The van der Waals surface area contributed by atoms with Crippen LogP contribution in [0.1, 0.15) is 18.9 Å². The molecule has 7 nitrogen and oxygen atoms in total. The van der Waals surface area contributed by atoms with Crippen molar-refractivity contribution in [2.24, 2.45) is 0 Å². The molecule has 4 rings (SSSR count). The molecule has 0 aromatic carbocycles. The Morgan fingerprint density at radius 3 is 3.00 bits per heavy atom. The SMILES string of the molecule is CCCOc1cn2ncnc(Oc3cnc4[nH]ccc4c3F)c2c1C. The lowest BCUT2D eigenvalue weighted by molar-refractivity contribution is 0.315. The zero-order chi connectivity index (χ0) is 17.4. The molecule has 0 atom stereocenters. The summed E-state index contributed by atoms with van der Waals surface area (Å²) in [5.74, 6) is 0.459. The van der Waals surface area contributed by atoms with Gasteiger partial charge in [-0.1, -0.05) is 6.92 Å². The molecule has 0 aliphatic heterocycles. The average Bonchev–Trinajstić information content (AvgIpc) is 3.21. The fraction of sp³-hybridized carbons (Fsp3) is 0.235. The van der Waals surface area contributed by atoms with Crippen LogP contribution in [-0.2, 0) is 0 Å². The third kappa shape index (κ3) is 2.55. The summed E-state index contributed by atoms with van der Waals surface area (Å²) in [5, 5.41) is 4.53. The zero-order valence-corrected chi connectivity index (χ0v) is 13.8. The van der Waals surface area contributed by atoms with Crippen LogP contribution in [0.2, 0.25) is 0 Å². The van der Waals surface area contributed by atoms with Gasteiger partial charge in [0.15, 0.2) is 11.6 Å². The average molecular weight is 341 g/mol. The number of halogens is 1.